The summed E-state index contributed by atoms with van der Waals surface area (Å²) in [5.41, 5.74) is 1.28. The van der Waals surface area contributed by atoms with Gasteiger partial charge in [-0.2, -0.15) is 0 Å². The van der Waals surface area contributed by atoms with Crippen molar-refractivity contribution in [1.29, 1.82) is 0 Å². The van der Waals surface area contributed by atoms with E-state index in [1.807, 2.05) is 0 Å². The van der Waals surface area contributed by atoms with Crippen molar-refractivity contribution in [2.45, 2.75) is 44.8 Å². The van der Waals surface area contributed by atoms with Gasteiger partial charge < -0.3 is 15.0 Å². The molecule has 1 aromatic rings. The quantitative estimate of drug-likeness (QED) is 0.812. The smallest absolute Gasteiger partial charge is 0.222 e. The van der Waals surface area contributed by atoms with Gasteiger partial charge in [-0.05, 0) is 31.4 Å². The zero-order chi connectivity index (χ0) is 18.2. The Morgan fingerprint density at radius 1 is 1.19 bits per heavy atom. The molecule has 2 fully saturated rings. The van der Waals surface area contributed by atoms with Crippen LogP contribution in [0, 0.1) is 0 Å². The van der Waals surface area contributed by atoms with Gasteiger partial charge >= 0.3 is 0 Å². The number of amides is 1. The van der Waals surface area contributed by atoms with Gasteiger partial charge in [-0.3, -0.25) is 9.69 Å². The summed E-state index contributed by atoms with van der Waals surface area (Å²) in [5, 5.41) is 3.18. The third kappa shape index (κ3) is 5.53. The van der Waals surface area contributed by atoms with Crippen LogP contribution < -0.4 is 5.32 Å². The normalized spacial score (nSPS) is 23.5. The Kier molecular flexibility index (Phi) is 7.47. The number of likely N-dealkylation sites (N-methyl/N-ethyl adjacent to an activating group) is 1. The molecule has 2 aliphatic rings. The van der Waals surface area contributed by atoms with E-state index in [9.17, 15) is 4.79 Å². The van der Waals surface area contributed by atoms with Crippen molar-refractivity contribution in [3.05, 3.63) is 35.9 Å². The molecule has 0 saturated carbocycles. The van der Waals surface area contributed by atoms with E-state index in [1.165, 1.54) is 12.0 Å². The SMILES string of the molecule is CCN1CCN(C(CNC(=O)CC2CCCCO2)c2ccccc2)CC1. The molecule has 0 spiro atoms. The number of hydrogen-bond donors (Lipinski definition) is 1. The third-order valence-electron chi connectivity index (χ3n) is 5.66. The molecule has 2 unspecified atom stereocenters. The minimum absolute atomic E-state index is 0.104. The number of benzene rings is 1. The lowest BCUT2D eigenvalue weighted by molar-refractivity contribution is -0.125. The molecule has 0 aliphatic carbocycles. The first-order chi connectivity index (χ1) is 12.8. The Morgan fingerprint density at radius 2 is 1.96 bits per heavy atom. The van der Waals surface area contributed by atoms with Gasteiger partial charge in [-0.15, -0.1) is 0 Å². The maximum atomic E-state index is 12.4. The Labute approximate surface area is 157 Å². The number of hydrogen-bond acceptors (Lipinski definition) is 4. The predicted octanol–water partition coefficient (Wildman–Crippen LogP) is 2.44. The van der Waals surface area contributed by atoms with E-state index >= 15 is 0 Å². The zero-order valence-electron chi connectivity index (χ0n) is 16.0. The Morgan fingerprint density at radius 3 is 2.62 bits per heavy atom. The first-order valence-corrected chi connectivity index (χ1v) is 10.2. The maximum Gasteiger partial charge on any atom is 0.222 e. The first kappa shape index (κ1) is 19.3. The van der Waals surface area contributed by atoms with Crippen molar-refractivity contribution in [3.8, 4) is 0 Å². The molecule has 2 saturated heterocycles. The van der Waals surface area contributed by atoms with Crippen LogP contribution in [0.25, 0.3) is 0 Å². The monoisotopic (exact) mass is 359 g/mol. The van der Waals surface area contributed by atoms with Gasteiger partial charge in [0.15, 0.2) is 0 Å². The lowest BCUT2D eigenvalue weighted by Gasteiger charge is -2.39. The van der Waals surface area contributed by atoms with Crippen molar-refractivity contribution in [1.82, 2.24) is 15.1 Å². The largest absolute Gasteiger partial charge is 0.378 e. The van der Waals surface area contributed by atoms with Crippen LogP contribution in [0.1, 0.15) is 44.2 Å². The molecule has 0 radical (unpaired) electrons. The molecule has 3 rings (SSSR count). The second kappa shape index (κ2) is 10.0. The molecule has 5 heteroatoms. The van der Waals surface area contributed by atoms with Crippen LogP contribution in [-0.4, -0.2) is 67.7 Å². The molecule has 1 amide bonds. The average molecular weight is 360 g/mol. The number of nitrogens with zero attached hydrogens (tertiary/aromatic N) is 2. The highest BCUT2D eigenvalue weighted by molar-refractivity contribution is 5.76. The molecule has 1 aromatic carbocycles. The molecule has 2 aliphatic heterocycles. The summed E-state index contributed by atoms with van der Waals surface area (Å²) in [7, 11) is 0. The van der Waals surface area contributed by atoms with Gasteiger partial charge in [0.1, 0.15) is 0 Å². The van der Waals surface area contributed by atoms with E-state index in [0.29, 0.717) is 13.0 Å². The van der Waals surface area contributed by atoms with Gasteiger partial charge in [0.05, 0.1) is 18.6 Å². The summed E-state index contributed by atoms with van der Waals surface area (Å²) >= 11 is 0. The Bertz CT molecular complexity index is 537. The van der Waals surface area contributed by atoms with Crippen LogP contribution in [-0.2, 0) is 9.53 Å². The molecule has 0 bridgehead atoms. The molecule has 26 heavy (non-hydrogen) atoms. The minimum Gasteiger partial charge on any atom is -0.378 e. The fourth-order valence-corrected chi connectivity index (χ4v) is 3.98. The van der Waals surface area contributed by atoms with Crippen molar-refractivity contribution in [2.75, 3.05) is 45.9 Å². The lowest BCUT2D eigenvalue weighted by Crippen LogP contribution is -2.49. The topological polar surface area (TPSA) is 44.8 Å². The highest BCUT2D eigenvalue weighted by atomic mass is 16.5. The highest BCUT2D eigenvalue weighted by Gasteiger charge is 2.25. The van der Waals surface area contributed by atoms with Gasteiger partial charge in [-0.1, -0.05) is 37.3 Å². The molecule has 1 N–H and O–H groups in total. The molecule has 144 valence electrons. The van der Waals surface area contributed by atoms with E-state index in [1.54, 1.807) is 0 Å². The number of carbonyl (C=O) groups is 1. The summed E-state index contributed by atoms with van der Waals surface area (Å²) in [6.07, 6.45) is 3.90. The number of piperazine rings is 1. The fourth-order valence-electron chi connectivity index (χ4n) is 3.98. The second-order valence-corrected chi connectivity index (χ2v) is 7.39. The van der Waals surface area contributed by atoms with E-state index in [-0.39, 0.29) is 18.1 Å². The van der Waals surface area contributed by atoms with Gasteiger partial charge in [0, 0.05) is 39.3 Å². The molecule has 2 atom stereocenters. The molecular formula is C21H33N3O2. The highest BCUT2D eigenvalue weighted by Crippen LogP contribution is 2.22. The minimum atomic E-state index is 0.104. The van der Waals surface area contributed by atoms with E-state index in [2.05, 4.69) is 52.4 Å². The Balaban J connectivity index is 1.56. The average Bonchev–Trinajstić information content (AvgIpc) is 2.70. The van der Waals surface area contributed by atoms with Gasteiger partial charge in [0.2, 0.25) is 5.91 Å². The standard InChI is InChI=1S/C21H33N3O2/c1-2-23-11-13-24(14-12-23)20(18-8-4-3-5-9-18)17-22-21(25)16-19-10-6-7-15-26-19/h3-5,8-9,19-20H,2,6-7,10-17H2,1H3,(H,22,25). The van der Waals surface area contributed by atoms with Crippen LogP contribution in [0.4, 0.5) is 0 Å². The van der Waals surface area contributed by atoms with Crippen LogP contribution in [0.5, 0.6) is 0 Å². The van der Waals surface area contributed by atoms with Gasteiger partial charge in [0.25, 0.3) is 0 Å². The number of rotatable bonds is 7. The summed E-state index contributed by atoms with van der Waals surface area (Å²) in [5.74, 6) is 0.116. The number of nitrogens with one attached hydrogen (secondary N) is 1. The van der Waals surface area contributed by atoms with E-state index < -0.39 is 0 Å². The van der Waals surface area contributed by atoms with Crippen LogP contribution in [0.2, 0.25) is 0 Å². The van der Waals surface area contributed by atoms with Crippen LogP contribution in [0.3, 0.4) is 0 Å². The second-order valence-electron chi connectivity index (χ2n) is 7.39. The third-order valence-corrected chi connectivity index (χ3v) is 5.66. The first-order valence-electron chi connectivity index (χ1n) is 10.2. The van der Waals surface area contributed by atoms with Crippen molar-refractivity contribution < 1.29 is 9.53 Å². The van der Waals surface area contributed by atoms with Crippen molar-refractivity contribution in [2.24, 2.45) is 0 Å². The zero-order valence-corrected chi connectivity index (χ0v) is 16.0. The molecule has 5 nitrogen and oxygen atoms in total. The number of carbonyl (C=O) groups excluding carboxylic acids is 1. The summed E-state index contributed by atoms with van der Waals surface area (Å²) < 4.78 is 5.70. The van der Waals surface area contributed by atoms with Crippen LogP contribution >= 0.6 is 0 Å². The molecule has 0 aromatic heterocycles. The van der Waals surface area contributed by atoms with E-state index in [0.717, 1.165) is 52.2 Å². The van der Waals surface area contributed by atoms with E-state index in [4.69, 9.17) is 4.74 Å². The Hall–Kier alpha value is -1.43. The maximum absolute atomic E-state index is 12.4. The molecule has 2 heterocycles. The van der Waals surface area contributed by atoms with Crippen molar-refractivity contribution in [3.63, 3.8) is 0 Å². The fraction of sp³-hybridized carbons (Fsp3) is 0.667. The lowest BCUT2D eigenvalue weighted by atomic mass is 10.0. The van der Waals surface area contributed by atoms with Gasteiger partial charge in [-0.25, -0.2) is 0 Å². The summed E-state index contributed by atoms with van der Waals surface area (Å²) in [6, 6.07) is 10.8. The van der Waals surface area contributed by atoms with Crippen LogP contribution in [0.15, 0.2) is 30.3 Å². The summed E-state index contributed by atoms with van der Waals surface area (Å²) in [6.45, 7) is 9.10. The summed E-state index contributed by atoms with van der Waals surface area (Å²) in [4.78, 5) is 17.4. The number of ether oxygens (including phenoxy) is 1. The predicted molar refractivity (Wildman–Crippen MR) is 104 cm³/mol. The molecular weight excluding hydrogens is 326 g/mol. The van der Waals surface area contributed by atoms with Crippen molar-refractivity contribution >= 4 is 5.91 Å².